The molecule has 0 radical (unpaired) electrons. The van der Waals surface area contributed by atoms with Gasteiger partial charge in [-0.15, -0.1) is 6.42 Å². The third kappa shape index (κ3) is 9.38. The first kappa shape index (κ1) is 41.9. The van der Waals surface area contributed by atoms with Gasteiger partial charge < -0.3 is 0 Å². The predicted molar refractivity (Wildman–Crippen MR) is 264 cm³/mol. The number of aromatic nitrogens is 3. The largest absolute Gasteiger partial charge is 0.233 e. The maximum absolute atomic E-state index is 10.6. The average molecular weight is 823 g/mol. The van der Waals surface area contributed by atoms with Gasteiger partial charge >= 0.3 is 0 Å². The summed E-state index contributed by atoms with van der Waals surface area (Å²) in [5, 5.41) is 10.6. The average Bonchev–Trinajstić information content (AvgIpc) is 3.36. The van der Waals surface area contributed by atoms with Crippen LogP contribution in [0.4, 0.5) is 0 Å². The van der Waals surface area contributed by atoms with Gasteiger partial charge in [-0.25, -0.2) is 24.9 Å². The Hall–Kier alpha value is -8.84. The van der Waals surface area contributed by atoms with Crippen LogP contribution in [0.2, 0.25) is 0 Å². The summed E-state index contributed by atoms with van der Waals surface area (Å²) < 4.78 is 0. The number of benzene rings is 7. The number of allylic oxidation sites excluding steroid dienone is 4. The van der Waals surface area contributed by atoms with Crippen molar-refractivity contribution in [3.8, 4) is 86.0 Å². The van der Waals surface area contributed by atoms with Gasteiger partial charge in [-0.05, 0) is 83.2 Å². The molecule has 0 unspecified atom stereocenters. The molecule has 64 heavy (non-hydrogen) atoms. The first-order chi connectivity index (χ1) is 31.4. The number of aliphatic imine (C=N–C) groups is 2. The van der Waals surface area contributed by atoms with Crippen molar-refractivity contribution in [3.05, 3.63) is 229 Å². The van der Waals surface area contributed by atoms with Gasteiger partial charge in [-0.1, -0.05) is 182 Å². The number of rotatable bonds is 11. The summed E-state index contributed by atoms with van der Waals surface area (Å²) in [6.45, 7) is 8.19. The van der Waals surface area contributed by atoms with Crippen molar-refractivity contribution in [2.24, 2.45) is 9.98 Å². The fourth-order valence-electron chi connectivity index (χ4n) is 7.48. The van der Waals surface area contributed by atoms with E-state index in [0.717, 1.165) is 72.5 Å². The van der Waals surface area contributed by atoms with Gasteiger partial charge in [-0.3, -0.25) is 0 Å². The lowest BCUT2D eigenvalue weighted by atomic mass is 9.87. The van der Waals surface area contributed by atoms with E-state index in [9.17, 15) is 5.26 Å². The highest BCUT2D eigenvalue weighted by molar-refractivity contribution is 6.13. The smallest absolute Gasteiger partial charge is 0.164 e. The van der Waals surface area contributed by atoms with Gasteiger partial charge in [0, 0.05) is 33.5 Å². The van der Waals surface area contributed by atoms with Gasteiger partial charge in [0.2, 0.25) is 0 Å². The van der Waals surface area contributed by atoms with Crippen LogP contribution in [0.3, 0.4) is 0 Å². The second-order valence-corrected chi connectivity index (χ2v) is 14.8. The van der Waals surface area contributed by atoms with Gasteiger partial charge in [0.1, 0.15) is 0 Å². The SMILES string of the molecule is C#C/C=C\C(=C/C)C(C)=NC(=NC(=C)c1ccccc1)c1cccc(-c2cccc(-c3c(C#N)cccc3-c3ccccc3-c3nc(-c4ccccc4)nc(-c4ccccc4)n3)c2)c1. The van der Waals surface area contributed by atoms with Crippen LogP contribution in [0.5, 0.6) is 0 Å². The zero-order chi connectivity index (χ0) is 44.3. The fourth-order valence-corrected chi connectivity index (χ4v) is 7.48. The van der Waals surface area contributed by atoms with Crippen LogP contribution in [0.15, 0.2) is 222 Å². The van der Waals surface area contributed by atoms with E-state index in [4.69, 9.17) is 31.4 Å². The molecule has 0 aliphatic heterocycles. The summed E-state index contributed by atoms with van der Waals surface area (Å²) in [7, 11) is 0. The molecule has 0 atom stereocenters. The van der Waals surface area contributed by atoms with Crippen LogP contribution in [0, 0.1) is 23.7 Å². The molecule has 0 N–H and O–H groups in total. The Labute approximate surface area is 374 Å². The highest BCUT2D eigenvalue weighted by atomic mass is 15.0. The van der Waals surface area contributed by atoms with Crippen LogP contribution in [-0.4, -0.2) is 26.5 Å². The van der Waals surface area contributed by atoms with Crippen LogP contribution in [0.25, 0.3) is 73.2 Å². The maximum atomic E-state index is 10.6. The lowest BCUT2D eigenvalue weighted by Crippen LogP contribution is -2.05. The van der Waals surface area contributed by atoms with Gasteiger partial charge in [0.15, 0.2) is 23.3 Å². The van der Waals surface area contributed by atoms with Crippen molar-refractivity contribution in [1.82, 2.24) is 15.0 Å². The van der Waals surface area contributed by atoms with Crippen LogP contribution >= 0.6 is 0 Å². The number of hydrogen-bond donors (Lipinski definition) is 0. The van der Waals surface area contributed by atoms with Crippen molar-refractivity contribution in [3.63, 3.8) is 0 Å². The molecule has 0 amide bonds. The summed E-state index contributed by atoms with van der Waals surface area (Å²) in [6, 6.07) is 62.5. The summed E-state index contributed by atoms with van der Waals surface area (Å²) in [4.78, 5) is 25.1. The molecule has 6 heteroatoms. The molecule has 1 heterocycles. The Bertz CT molecular complexity index is 3140. The summed E-state index contributed by atoms with van der Waals surface area (Å²) >= 11 is 0. The van der Waals surface area contributed by atoms with Gasteiger partial charge in [0.25, 0.3) is 0 Å². The molecule has 8 aromatic rings. The molecule has 0 saturated carbocycles. The molecule has 0 aliphatic rings. The predicted octanol–water partition coefficient (Wildman–Crippen LogP) is 13.8. The Balaban J connectivity index is 1.24. The molecule has 0 fully saturated rings. The van der Waals surface area contributed by atoms with Crippen molar-refractivity contribution >= 4 is 17.2 Å². The first-order valence-corrected chi connectivity index (χ1v) is 20.8. The van der Waals surface area contributed by atoms with E-state index in [-0.39, 0.29) is 0 Å². The van der Waals surface area contributed by atoms with Crippen LogP contribution < -0.4 is 0 Å². The first-order valence-electron chi connectivity index (χ1n) is 20.8. The fraction of sp³-hybridized carbons (Fsp3) is 0.0345. The molecular weight excluding hydrogens is 781 g/mol. The molecule has 1 aromatic heterocycles. The van der Waals surface area contributed by atoms with Crippen molar-refractivity contribution in [2.75, 3.05) is 0 Å². The molecule has 0 spiro atoms. The summed E-state index contributed by atoms with van der Waals surface area (Å²) in [6.07, 6.45) is 11.0. The highest BCUT2D eigenvalue weighted by Gasteiger charge is 2.20. The molecule has 6 nitrogen and oxygen atoms in total. The number of terminal acetylenes is 1. The van der Waals surface area contributed by atoms with Crippen molar-refractivity contribution < 1.29 is 0 Å². The van der Waals surface area contributed by atoms with Crippen molar-refractivity contribution in [1.29, 1.82) is 5.26 Å². The number of nitrogens with zero attached hydrogens (tertiary/aromatic N) is 6. The quantitative estimate of drug-likeness (QED) is 0.0562. The molecule has 304 valence electrons. The molecule has 0 saturated heterocycles. The third-order valence-corrected chi connectivity index (χ3v) is 10.7. The van der Waals surface area contributed by atoms with E-state index in [2.05, 4.69) is 55.0 Å². The number of hydrogen-bond acceptors (Lipinski definition) is 5. The Kier molecular flexibility index (Phi) is 12.9. The van der Waals surface area contributed by atoms with Gasteiger partial charge in [0.05, 0.1) is 17.3 Å². The number of nitriles is 1. The zero-order valence-corrected chi connectivity index (χ0v) is 35.5. The molecule has 8 rings (SSSR count). The maximum Gasteiger partial charge on any atom is 0.164 e. The molecule has 7 aromatic carbocycles. The minimum atomic E-state index is 0.510. The van der Waals surface area contributed by atoms with E-state index in [1.54, 1.807) is 6.08 Å². The van der Waals surface area contributed by atoms with E-state index in [1.807, 2.05) is 172 Å². The van der Waals surface area contributed by atoms with Crippen LogP contribution in [0.1, 0.15) is 30.5 Å². The second-order valence-electron chi connectivity index (χ2n) is 14.8. The van der Waals surface area contributed by atoms with Gasteiger partial charge in [-0.2, -0.15) is 5.26 Å². The zero-order valence-electron chi connectivity index (χ0n) is 35.5. The lowest BCUT2D eigenvalue weighted by molar-refractivity contribution is 1.07. The minimum absolute atomic E-state index is 0.510. The third-order valence-electron chi connectivity index (χ3n) is 10.7. The Morgan fingerprint density at radius 3 is 1.72 bits per heavy atom. The normalized spacial score (nSPS) is 11.8. The minimum Gasteiger partial charge on any atom is -0.233 e. The van der Waals surface area contributed by atoms with Crippen LogP contribution in [-0.2, 0) is 0 Å². The Morgan fingerprint density at radius 1 is 0.562 bits per heavy atom. The molecular formula is C58H42N6. The highest BCUT2D eigenvalue weighted by Crippen LogP contribution is 2.41. The van der Waals surface area contributed by atoms with E-state index in [1.165, 1.54) is 0 Å². The molecule has 0 aliphatic carbocycles. The van der Waals surface area contributed by atoms with E-state index < -0.39 is 0 Å². The number of amidine groups is 1. The summed E-state index contributed by atoms with van der Waals surface area (Å²) in [5.41, 5.74) is 12.4. The lowest BCUT2D eigenvalue weighted by Gasteiger charge is -2.17. The molecule has 0 bridgehead atoms. The van der Waals surface area contributed by atoms with E-state index >= 15 is 0 Å². The topological polar surface area (TPSA) is 87.2 Å². The Morgan fingerprint density at radius 2 is 1.08 bits per heavy atom. The monoisotopic (exact) mass is 822 g/mol. The standard InChI is InChI=1S/C58H42N6/c1-5-7-22-42(6-2)40(3)60-57(61-41(4)43-23-11-8-12-24-43)49-32-20-30-47(38-49)46-29-19-31-48(37-46)54-50(39-59)33-21-36-52(54)51-34-17-18-35-53(51)58-63-55(44-25-13-9-14-26-44)62-56(64-58)45-27-15-10-16-28-45/h1,6-38H,4H2,2-3H3/b22-7-,42-6+,60-40?,61-57?. The van der Waals surface area contributed by atoms with E-state index in [0.29, 0.717) is 34.6 Å². The second kappa shape index (κ2) is 19.7. The summed E-state index contributed by atoms with van der Waals surface area (Å²) in [5.74, 6) is 4.75. The van der Waals surface area contributed by atoms with Crippen molar-refractivity contribution in [2.45, 2.75) is 13.8 Å².